The van der Waals surface area contributed by atoms with E-state index in [1.807, 2.05) is 25.1 Å². The minimum absolute atomic E-state index is 0.00988. The van der Waals surface area contributed by atoms with Gasteiger partial charge in [-0.05, 0) is 24.6 Å². The number of benzene rings is 1. The standard InChI is InChI=1S/C13H19BrN2O2/c1-10-3-4-11(9-12(10)14)16-13(17)5-6-15-7-8-18-2/h3-4,9,15H,5-8H2,1-2H3,(H,16,17). The second-order valence-electron chi connectivity index (χ2n) is 4.00. The molecule has 18 heavy (non-hydrogen) atoms. The van der Waals surface area contributed by atoms with Gasteiger partial charge in [0.25, 0.3) is 0 Å². The van der Waals surface area contributed by atoms with E-state index in [1.54, 1.807) is 7.11 Å². The Kier molecular flexibility index (Phi) is 6.93. The number of aryl methyl sites for hydroxylation is 1. The quantitative estimate of drug-likeness (QED) is 0.759. The smallest absolute Gasteiger partial charge is 0.225 e. The Bertz CT molecular complexity index is 397. The van der Waals surface area contributed by atoms with Gasteiger partial charge in [0.2, 0.25) is 5.91 Å². The first-order valence-electron chi connectivity index (χ1n) is 5.89. The van der Waals surface area contributed by atoms with Gasteiger partial charge in [0, 0.05) is 36.8 Å². The molecule has 0 saturated heterocycles. The molecule has 0 aliphatic carbocycles. The monoisotopic (exact) mass is 314 g/mol. The van der Waals surface area contributed by atoms with Crippen LogP contribution >= 0.6 is 15.9 Å². The fourth-order valence-corrected chi connectivity index (χ4v) is 1.77. The topological polar surface area (TPSA) is 50.4 Å². The van der Waals surface area contributed by atoms with Crippen LogP contribution in [-0.4, -0.2) is 32.7 Å². The van der Waals surface area contributed by atoms with E-state index in [1.165, 1.54) is 0 Å². The number of hydrogen-bond donors (Lipinski definition) is 2. The molecule has 100 valence electrons. The van der Waals surface area contributed by atoms with Gasteiger partial charge in [-0.25, -0.2) is 0 Å². The average molecular weight is 315 g/mol. The van der Waals surface area contributed by atoms with Crippen LogP contribution in [0.15, 0.2) is 22.7 Å². The van der Waals surface area contributed by atoms with Crippen molar-refractivity contribution < 1.29 is 9.53 Å². The summed E-state index contributed by atoms with van der Waals surface area (Å²) in [6.45, 7) is 4.09. The number of halogens is 1. The van der Waals surface area contributed by atoms with Crippen LogP contribution in [0.25, 0.3) is 0 Å². The van der Waals surface area contributed by atoms with Gasteiger partial charge in [0.1, 0.15) is 0 Å². The van der Waals surface area contributed by atoms with Gasteiger partial charge < -0.3 is 15.4 Å². The highest BCUT2D eigenvalue weighted by atomic mass is 79.9. The molecule has 0 atom stereocenters. The van der Waals surface area contributed by atoms with Crippen molar-refractivity contribution >= 4 is 27.5 Å². The van der Waals surface area contributed by atoms with E-state index in [9.17, 15) is 4.79 Å². The second-order valence-corrected chi connectivity index (χ2v) is 4.86. The fraction of sp³-hybridized carbons (Fsp3) is 0.462. The highest BCUT2D eigenvalue weighted by Gasteiger charge is 2.03. The van der Waals surface area contributed by atoms with Crippen LogP contribution in [0.5, 0.6) is 0 Å². The Labute approximate surface area is 116 Å². The molecule has 1 aromatic rings. The molecule has 0 saturated carbocycles. The maximum Gasteiger partial charge on any atom is 0.225 e. The zero-order valence-corrected chi connectivity index (χ0v) is 12.3. The first kappa shape index (κ1) is 15.1. The van der Waals surface area contributed by atoms with Crippen LogP contribution in [-0.2, 0) is 9.53 Å². The Morgan fingerprint density at radius 2 is 2.17 bits per heavy atom. The number of carbonyl (C=O) groups excluding carboxylic acids is 1. The number of carbonyl (C=O) groups is 1. The summed E-state index contributed by atoms with van der Waals surface area (Å²) in [6, 6.07) is 5.78. The highest BCUT2D eigenvalue weighted by Crippen LogP contribution is 2.20. The number of methoxy groups -OCH3 is 1. The Hall–Kier alpha value is -0.910. The summed E-state index contributed by atoms with van der Waals surface area (Å²) in [5.41, 5.74) is 1.96. The summed E-state index contributed by atoms with van der Waals surface area (Å²) >= 11 is 3.44. The van der Waals surface area contributed by atoms with Gasteiger partial charge in [-0.15, -0.1) is 0 Å². The van der Waals surface area contributed by atoms with Gasteiger partial charge in [0.15, 0.2) is 0 Å². The maximum absolute atomic E-state index is 11.6. The van der Waals surface area contributed by atoms with Crippen LogP contribution in [0.3, 0.4) is 0 Å². The van der Waals surface area contributed by atoms with E-state index in [-0.39, 0.29) is 5.91 Å². The normalized spacial score (nSPS) is 10.4. The lowest BCUT2D eigenvalue weighted by atomic mass is 10.2. The number of amides is 1. The zero-order chi connectivity index (χ0) is 13.4. The molecule has 2 N–H and O–H groups in total. The van der Waals surface area contributed by atoms with E-state index in [4.69, 9.17) is 4.74 Å². The highest BCUT2D eigenvalue weighted by molar-refractivity contribution is 9.10. The lowest BCUT2D eigenvalue weighted by Crippen LogP contribution is -2.24. The second kappa shape index (κ2) is 8.24. The third-order valence-corrected chi connectivity index (χ3v) is 3.32. The molecule has 0 aromatic heterocycles. The number of anilines is 1. The fourth-order valence-electron chi connectivity index (χ4n) is 1.40. The first-order valence-corrected chi connectivity index (χ1v) is 6.68. The Morgan fingerprint density at radius 3 is 2.83 bits per heavy atom. The predicted octanol–water partition coefficient (Wildman–Crippen LogP) is 2.32. The van der Waals surface area contributed by atoms with E-state index < -0.39 is 0 Å². The van der Waals surface area contributed by atoms with Crippen molar-refractivity contribution in [3.63, 3.8) is 0 Å². The van der Waals surface area contributed by atoms with Gasteiger partial charge in [-0.3, -0.25) is 4.79 Å². The molecule has 0 bridgehead atoms. The van der Waals surface area contributed by atoms with Crippen LogP contribution in [0.2, 0.25) is 0 Å². The minimum atomic E-state index is 0.00988. The number of nitrogens with one attached hydrogen (secondary N) is 2. The third kappa shape index (κ3) is 5.62. The summed E-state index contributed by atoms with van der Waals surface area (Å²) in [5, 5.41) is 5.99. The van der Waals surface area contributed by atoms with Gasteiger partial charge in [0.05, 0.1) is 6.61 Å². The summed E-state index contributed by atoms with van der Waals surface area (Å²) in [7, 11) is 1.66. The van der Waals surface area contributed by atoms with Crippen molar-refractivity contribution in [1.82, 2.24) is 5.32 Å². The maximum atomic E-state index is 11.6. The molecular formula is C13H19BrN2O2. The van der Waals surface area contributed by atoms with Crippen LogP contribution in [0.1, 0.15) is 12.0 Å². The minimum Gasteiger partial charge on any atom is -0.383 e. The summed E-state index contributed by atoms with van der Waals surface area (Å²) < 4.78 is 5.90. The van der Waals surface area contributed by atoms with Crippen molar-refractivity contribution in [3.8, 4) is 0 Å². The number of ether oxygens (including phenoxy) is 1. The van der Waals surface area contributed by atoms with Crippen LogP contribution < -0.4 is 10.6 Å². The molecule has 0 aliphatic rings. The van der Waals surface area contributed by atoms with Crippen molar-refractivity contribution in [1.29, 1.82) is 0 Å². The molecule has 1 rings (SSSR count). The third-order valence-electron chi connectivity index (χ3n) is 2.47. The molecule has 0 unspecified atom stereocenters. The molecule has 0 spiro atoms. The van der Waals surface area contributed by atoms with Crippen molar-refractivity contribution in [2.75, 3.05) is 32.1 Å². The lowest BCUT2D eigenvalue weighted by molar-refractivity contribution is -0.116. The van der Waals surface area contributed by atoms with Crippen molar-refractivity contribution in [2.24, 2.45) is 0 Å². The Morgan fingerprint density at radius 1 is 1.39 bits per heavy atom. The SMILES string of the molecule is COCCNCCC(=O)Nc1ccc(C)c(Br)c1. The first-order chi connectivity index (χ1) is 8.63. The zero-order valence-electron chi connectivity index (χ0n) is 10.8. The molecule has 1 aromatic carbocycles. The van der Waals surface area contributed by atoms with Crippen LogP contribution in [0.4, 0.5) is 5.69 Å². The molecule has 0 radical (unpaired) electrons. The number of rotatable bonds is 7. The summed E-state index contributed by atoms with van der Waals surface area (Å²) in [4.78, 5) is 11.6. The van der Waals surface area contributed by atoms with E-state index in [2.05, 4.69) is 26.6 Å². The van der Waals surface area contributed by atoms with Crippen molar-refractivity contribution in [3.05, 3.63) is 28.2 Å². The molecule has 0 heterocycles. The molecule has 4 nitrogen and oxygen atoms in total. The molecule has 0 aliphatic heterocycles. The molecule has 1 amide bonds. The average Bonchev–Trinajstić information content (AvgIpc) is 2.34. The van der Waals surface area contributed by atoms with E-state index >= 15 is 0 Å². The predicted molar refractivity (Wildman–Crippen MR) is 76.9 cm³/mol. The molecule has 5 heteroatoms. The molecule has 0 fully saturated rings. The summed E-state index contributed by atoms with van der Waals surface area (Å²) in [5.74, 6) is 0.00988. The van der Waals surface area contributed by atoms with Crippen molar-refractivity contribution in [2.45, 2.75) is 13.3 Å². The lowest BCUT2D eigenvalue weighted by Gasteiger charge is -2.07. The van der Waals surface area contributed by atoms with Gasteiger partial charge in [-0.1, -0.05) is 22.0 Å². The largest absolute Gasteiger partial charge is 0.383 e. The number of hydrogen-bond acceptors (Lipinski definition) is 3. The van der Waals surface area contributed by atoms with E-state index in [0.717, 1.165) is 22.3 Å². The van der Waals surface area contributed by atoms with Gasteiger partial charge in [-0.2, -0.15) is 0 Å². The van der Waals surface area contributed by atoms with Gasteiger partial charge >= 0.3 is 0 Å². The Balaban J connectivity index is 2.29. The van der Waals surface area contributed by atoms with Crippen LogP contribution in [0, 0.1) is 6.92 Å². The van der Waals surface area contributed by atoms with E-state index in [0.29, 0.717) is 19.6 Å². The summed E-state index contributed by atoms with van der Waals surface area (Å²) in [6.07, 6.45) is 0.454. The molecular weight excluding hydrogens is 296 g/mol.